The van der Waals surface area contributed by atoms with Crippen LogP contribution in [0.15, 0.2) is 12.1 Å². The largest absolute Gasteiger partial charge is 0.494 e. The smallest absolute Gasteiger partial charge is 0.288 e. The molecule has 0 aromatic heterocycles. The zero-order valence-electron chi connectivity index (χ0n) is 8.33. The van der Waals surface area contributed by atoms with Crippen molar-refractivity contribution >= 4 is 29.5 Å². The number of methoxy groups -OCH3 is 1. The molecule has 0 saturated carbocycles. The SMILES string of the molecule is COc1c(C)cc(Cl)cc1NC(=O)C=O. The Bertz CT molecular complexity index is 404. The Kier molecular flexibility index (Phi) is 3.68. The molecule has 1 aromatic carbocycles. The lowest BCUT2D eigenvalue weighted by Crippen LogP contribution is -2.13. The first kappa shape index (κ1) is 11.5. The maximum atomic E-state index is 10.9. The molecule has 4 nitrogen and oxygen atoms in total. The van der Waals surface area contributed by atoms with E-state index in [4.69, 9.17) is 16.3 Å². The van der Waals surface area contributed by atoms with Crippen LogP contribution in [0.3, 0.4) is 0 Å². The molecule has 0 unspecified atom stereocenters. The molecule has 0 spiro atoms. The molecule has 0 aliphatic heterocycles. The van der Waals surface area contributed by atoms with Crippen LogP contribution in [-0.2, 0) is 9.59 Å². The first-order chi connectivity index (χ1) is 7.08. The van der Waals surface area contributed by atoms with Crippen molar-refractivity contribution in [1.29, 1.82) is 0 Å². The molecule has 0 aliphatic carbocycles. The Morgan fingerprint density at radius 3 is 2.73 bits per heavy atom. The van der Waals surface area contributed by atoms with E-state index in [1.807, 2.05) is 0 Å². The van der Waals surface area contributed by atoms with Crippen molar-refractivity contribution < 1.29 is 14.3 Å². The Morgan fingerprint density at radius 2 is 2.20 bits per heavy atom. The minimum absolute atomic E-state index is 0.190. The summed E-state index contributed by atoms with van der Waals surface area (Å²) in [5, 5.41) is 2.84. The van der Waals surface area contributed by atoms with E-state index in [1.165, 1.54) is 13.2 Å². The highest BCUT2D eigenvalue weighted by molar-refractivity contribution is 6.32. The van der Waals surface area contributed by atoms with Crippen LogP contribution in [0, 0.1) is 6.92 Å². The third-order valence-electron chi connectivity index (χ3n) is 1.81. The van der Waals surface area contributed by atoms with Crippen LogP contribution in [0.1, 0.15) is 5.56 Å². The fourth-order valence-corrected chi connectivity index (χ4v) is 1.53. The van der Waals surface area contributed by atoms with E-state index in [1.54, 1.807) is 13.0 Å². The van der Waals surface area contributed by atoms with Crippen molar-refractivity contribution in [2.45, 2.75) is 6.92 Å². The molecule has 0 aliphatic rings. The molecule has 1 amide bonds. The highest BCUT2D eigenvalue weighted by Gasteiger charge is 2.10. The number of anilines is 1. The number of halogens is 1. The van der Waals surface area contributed by atoms with Crippen LogP contribution in [0.25, 0.3) is 0 Å². The fourth-order valence-electron chi connectivity index (χ4n) is 1.26. The number of aldehydes is 1. The van der Waals surface area contributed by atoms with Crippen LogP contribution in [0.5, 0.6) is 5.75 Å². The second-order valence-corrected chi connectivity index (χ2v) is 3.35. The predicted molar refractivity (Wildman–Crippen MR) is 57.4 cm³/mol. The second-order valence-electron chi connectivity index (χ2n) is 2.91. The minimum atomic E-state index is -0.741. The van der Waals surface area contributed by atoms with E-state index < -0.39 is 5.91 Å². The Morgan fingerprint density at radius 1 is 1.53 bits per heavy atom. The van der Waals surface area contributed by atoms with Gasteiger partial charge in [0, 0.05) is 5.02 Å². The molecule has 0 atom stereocenters. The summed E-state index contributed by atoms with van der Waals surface area (Å²) in [6.07, 6.45) is 0.190. The first-order valence-corrected chi connectivity index (χ1v) is 4.56. The van der Waals surface area contributed by atoms with E-state index in [0.29, 0.717) is 16.5 Å². The van der Waals surface area contributed by atoms with Crippen molar-refractivity contribution in [2.75, 3.05) is 12.4 Å². The Hall–Kier alpha value is -1.55. The zero-order valence-corrected chi connectivity index (χ0v) is 9.09. The van der Waals surface area contributed by atoms with Gasteiger partial charge in [-0.2, -0.15) is 0 Å². The molecule has 1 rings (SSSR count). The number of nitrogens with one attached hydrogen (secondary N) is 1. The third-order valence-corrected chi connectivity index (χ3v) is 2.03. The van der Waals surface area contributed by atoms with Gasteiger partial charge in [0.05, 0.1) is 12.8 Å². The van der Waals surface area contributed by atoms with Gasteiger partial charge in [0.15, 0.2) is 0 Å². The van der Waals surface area contributed by atoms with E-state index in [2.05, 4.69) is 5.32 Å². The second kappa shape index (κ2) is 4.79. The molecule has 0 saturated heterocycles. The molecule has 0 radical (unpaired) electrons. The van der Waals surface area contributed by atoms with Crippen molar-refractivity contribution in [2.24, 2.45) is 0 Å². The summed E-state index contributed by atoms with van der Waals surface area (Å²) in [5.41, 5.74) is 1.17. The van der Waals surface area contributed by atoms with Gasteiger partial charge < -0.3 is 10.1 Å². The summed E-state index contributed by atoms with van der Waals surface area (Å²) >= 11 is 5.81. The number of aryl methyl sites for hydroxylation is 1. The molecule has 1 N–H and O–H groups in total. The van der Waals surface area contributed by atoms with Crippen molar-refractivity contribution in [3.8, 4) is 5.75 Å². The molecule has 80 valence electrons. The number of hydrogen-bond donors (Lipinski definition) is 1. The van der Waals surface area contributed by atoms with Gasteiger partial charge in [0.25, 0.3) is 5.91 Å². The number of rotatable bonds is 3. The Labute approximate surface area is 92.2 Å². The van der Waals surface area contributed by atoms with Crippen LogP contribution in [0.4, 0.5) is 5.69 Å². The lowest BCUT2D eigenvalue weighted by molar-refractivity contribution is -0.127. The topological polar surface area (TPSA) is 55.4 Å². The standard InChI is InChI=1S/C10H10ClNO3/c1-6-3-7(11)4-8(10(6)15-2)12-9(14)5-13/h3-5H,1-2H3,(H,12,14). The van der Waals surface area contributed by atoms with E-state index in [9.17, 15) is 9.59 Å². The number of ether oxygens (including phenoxy) is 1. The summed E-state index contributed by atoms with van der Waals surface area (Å²) in [6.45, 7) is 1.79. The summed E-state index contributed by atoms with van der Waals surface area (Å²) < 4.78 is 5.09. The van der Waals surface area contributed by atoms with Gasteiger partial charge in [-0.15, -0.1) is 0 Å². The van der Waals surface area contributed by atoms with Crippen LogP contribution >= 0.6 is 11.6 Å². The average molecular weight is 228 g/mol. The predicted octanol–water partition coefficient (Wildman–Crippen LogP) is 1.79. The van der Waals surface area contributed by atoms with E-state index >= 15 is 0 Å². The monoisotopic (exact) mass is 227 g/mol. The quantitative estimate of drug-likeness (QED) is 0.633. The van der Waals surface area contributed by atoms with Crippen LogP contribution in [0.2, 0.25) is 5.02 Å². The van der Waals surface area contributed by atoms with Gasteiger partial charge >= 0.3 is 0 Å². The zero-order chi connectivity index (χ0) is 11.4. The Balaban J connectivity index is 3.14. The van der Waals surface area contributed by atoms with Gasteiger partial charge in [-0.3, -0.25) is 9.59 Å². The summed E-state index contributed by atoms with van der Waals surface area (Å²) in [6, 6.07) is 3.23. The molecule has 0 bridgehead atoms. The van der Waals surface area contributed by atoms with Gasteiger partial charge in [0.2, 0.25) is 6.29 Å². The number of carbonyl (C=O) groups is 2. The average Bonchev–Trinajstić information content (AvgIpc) is 2.17. The first-order valence-electron chi connectivity index (χ1n) is 4.18. The summed E-state index contributed by atoms with van der Waals surface area (Å²) in [5.74, 6) is -0.246. The molecular weight excluding hydrogens is 218 g/mol. The van der Waals surface area contributed by atoms with Crippen molar-refractivity contribution in [1.82, 2.24) is 0 Å². The number of hydrogen-bond acceptors (Lipinski definition) is 3. The van der Waals surface area contributed by atoms with Crippen molar-refractivity contribution in [3.05, 3.63) is 22.7 Å². The number of benzene rings is 1. The van der Waals surface area contributed by atoms with E-state index in [-0.39, 0.29) is 6.29 Å². The maximum absolute atomic E-state index is 10.9. The molecule has 1 aromatic rings. The number of amides is 1. The molecule has 0 fully saturated rings. The van der Waals surface area contributed by atoms with Gasteiger partial charge in [-0.1, -0.05) is 11.6 Å². The lowest BCUT2D eigenvalue weighted by Gasteiger charge is -2.11. The normalized spacial score (nSPS) is 9.53. The van der Waals surface area contributed by atoms with Gasteiger partial charge in [0.1, 0.15) is 5.75 Å². The third kappa shape index (κ3) is 2.70. The van der Waals surface area contributed by atoms with Crippen molar-refractivity contribution in [3.63, 3.8) is 0 Å². The molecule has 0 heterocycles. The fraction of sp³-hybridized carbons (Fsp3) is 0.200. The van der Waals surface area contributed by atoms with Crippen LogP contribution in [-0.4, -0.2) is 19.3 Å². The molecule has 15 heavy (non-hydrogen) atoms. The molecular formula is C10H10ClNO3. The minimum Gasteiger partial charge on any atom is -0.494 e. The summed E-state index contributed by atoms with van der Waals surface area (Å²) in [4.78, 5) is 21.1. The molecule has 5 heteroatoms. The highest BCUT2D eigenvalue weighted by atomic mass is 35.5. The maximum Gasteiger partial charge on any atom is 0.288 e. The van der Waals surface area contributed by atoms with Crippen LogP contribution < -0.4 is 10.1 Å². The lowest BCUT2D eigenvalue weighted by atomic mass is 10.2. The van der Waals surface area contributed by atoms with Gasteiger partial charge in [-0.05, 0) is 24.6 Å². The highest BCUT2D eigenvalue weighted by Crippen LogP contribution is 2.31. The number of carbonyl (C=O) groups excluding carboxylic acids is 2. The van der Waals surface area contributed by atoms with Gasteiger partial charge in [-0.25, -0.2) is 0 Å². The summed E-state index contributed by atoms with van der Waals surface area (Å²) in [7, 11) is 1.48. The van der Waals surface area contributed by atoms with E-state index in [0.717, 1.165) is 5.56 Å².